The molecule has 2 aromatic heterocycles. The van der Waals surface area contributed by atoms with Crippen LogP contribution in [0, 0.1) is 26.7 Å². The van der Waals surface area contributed by atoms with E-state index in [1.165, 1.54) is 6.42 Å². The van der Waals surface area contributed by atoms with Crippen LogP contribution in [-0.4, -0.2) is 25.9 Å². The van der Waals surface area contributed by atoms with Crippen LogP contribution < -0.4 is 10.6 Å². The lowest BCUT2D eigenvalue weighted by molar-refractivity contribution is -0.120. The normalized spacial score (nSPS) is 14.5. The first-order valence-corrected chi connectivity index (χ1v) is 10.6. The molecule has 0 saturated heterocycles. The summed E-state index contributed by atoms with van der Waals surface area (Å²) in [6.07, 6.45) is 5.55. The van der Waals surface area contributed by atoms with Gasteiger partial charge in [-0.1, -0.05) is 19.3 Å². The maximum atomic E-state index is 12.4. The fourth-order valence-electron chi connectivity index (χ4n) is 3.84. The molecule has 0 aliphatic heterocycles. The zero-order valence-electron chi connectivity index (χ0n) is 17.8. The molecule has 0 bridgehead atoms. The Bertz CT molecular complexity index is 1020. The van der Waals surface area contributed by atoms with Gasteiger partial charge in [0, 0.05) is 23.0 Å². The molecule has 2 N–H and O–H groups in total. The number of aromatic nitrogens is 4. The van der Waals surface area contributed by atoms with Gasteiger partial charge in [-0.3, -0.25) is 4.79 Å². The molecule has 1 aromatic carbocycles. The topological polar surface area (TPSA) is 84.7 Å². The largest absolute Gasteiger partial charge is 0.339 e. The van der Waals surface area contributed by atoms with E-state index in [0.29, 0.717) is 11.6 Å². The van der Waals surface area contributed by atoms with Crippen molar-refractivity contribution in [2.45, 2.75) is 52.9 Å². The summed E-state index contributed by atoms with van der Waals surface area (Å²) in [4.78, 5) is 12.4. The number of nitrogens with zero attached hydrogens (tertiary/aromatic N) is 4. The maximum absolute atomic E-state index is 12.4. The van der Waals surface area contributed by atoms with E-state index in [9.17, 15) is 4.79 Å². The van der Waals surface area contributed by atoms with Crippen molar-refractivity contribution in [3.63, 3.8) is 0 Å². The molecule has 1 amide bonds. The number of aryl methyl sites for hydroxylation is 1. The molecule has 1 aliphatic rings. The van der Waals surface area contributed by atoms with E-state index in [4.69, 9.17) is 0 Å². The quantitative estimate of drug-likeness (QED) is 0.635. The van der Waals surface area contributed by atoms with Gasteiger partial charge >= 0.3 is 0 Å². The van der Waals surface area contributed by atoms with Crippen LogP contribution in [0.4, 0.5) is 17.2 Å². The zero-order valence-corrected chi connectivity index (χ0v) is 17.8. The number of hydrogen-bond acceptors (Lipinski definition) is 5. The second kappa shape index (κ2) is 8.65. The van der Waals surface area contributed by atoms with Crippen molar-refractivity contribution in [1.29, 1.82) is 0 Å². The van der Waals surface area contributed by atoms with Crippen LogP contribution in [-0.2, 0) is 4.79 Å². The molecule has 7 heteroatoms. The van der Waals surface area contributed by atoms with Crippen LogP contribution in [0.3, 0.4) is 0 Å². The Balaban J connectivity index is 1.38. The number of anilines is 3. The molecule has 0 unspecified atom stereocenters. The Morgan fingerprint density at radius 1 is 0.933 bits per heavy atom. The van der Waals surface area contributed by atoms with Gasteiger partial charge in [0.1, 0.15) is 0 Å². The van der Waals surface area contributed by atoms with Crippen molar-refractivity contribution >= 4 is 23.1 Å². The van der Waals surface area contributed by atoms with E-state index in [1.54, 1.807) is 0 Å². The number of nitrogens with one attached hydrogen (secondary N) is 2. The molecule has 1 aliphatic carbocycles. The van der Waals surface area contributed by atoms with E-state index < -0.39 is 0 Å². The van der Waals surface area contributed by atoms with Gasteiger partial charge in [-0.15, -0.1) is 10.2 Å². The minimum absolute atomic E-state index is 0.135. The number of benzene rings is 1. The molecule has 3 aromatic rings. The first-order chi connectivity index (χ1) is 14.5. The van der Waals surface area contributed by atoms with Crippen molar-refractivity contribution in [2.24, 2.45) is 5.92 Å². The van der Waals surface area contributed by atoms with E-state index in [-0.39, 0.29) is 11.8 Å². The van der Waals surface area contributed by atoms with Crippen molar-refractivity contribution < 1.29 is 4.79 Å². The summed E-state index contributed by atoms with van der Waals surface area (Å²) in [7, 11) is 0. The van der Waals surface area contributed by atoms with Gasteiger partial charge < -0.3 is 10.6 Å². The molecule has 2 heterocycles. The average molecular weight is 405 g/mol. The number of rotatable bonds is 5. The lowest BCUT2D eigenvalue weighted by atomic mass is 9.88. The summed E-state index contributed by atoms with van der Waals surface area (Å²) in [6.45, 7) is 6.07. The van der Waals surface area contributed by atoms with Gasteiger partial charge in [0.15, 0.2) is 11.6 Å². The number of carbonyl (C=O) groups excluding carboxylic acids is 1. The third-order valence-corrected chi connectivity index (χ3v) is 5.92. The summed E-state index contributed by atoms with van der Waals surface area (Å²) in [5.41, 5.74) is 4.92. The molecule has 0 spiro atoms. The van der Waals surface area contributed by atoms with Gasteiger partial charge in [0.05, 0.1) is 5.69 Å². The highest BCUT2D eigenvalue weighted by molar-refractivity contribution is 5.92. The summed E-state index contributed by atoms with van der Waals surface area (Å²) in [6, 6.07) is 11.4. The van der Waals surface area contributed by atoms with Crippen molar-refractivity contribution in [1.82, 2.24) is 20.0 Å². The third-order valence-electron chi connectivity index (χ3n) is 5.92. The third kappa shape index (κ3) is 4.35. The first kappa shape index (κ1) is 20.1. The predicted octanol–water partition coefficient (Wildman–Crippen LogP) is 4.85. The Kier molecular flexibility index (Phi) is 5.79. The molecular formula is C23H28N6O. The summed E-state index contributed by atoms with van der Waals surface area (Å²) >= 11 is 0. The fraction of sp³-hybridized carbons (Fsp3) is 0.391. The first-order valence-electron chi connectivity index (χ1n) is 10.6. The SMILES string of the molecule is Cc1nn(-c2ccc(Nc3ccc(NC(=O)C4CCCCC4)cc3)nn2)c(C)c1C. The smallest absolute Gasteiger partial charge is 0.227 e. The minimum atomic E-state index is 0.135. The van der Waals surface area contributed by atoms with Gasteiger partial charge in [-0.25, -0.2) is 4.68 Å². The van der Waals surface area contributed by atoms with Crippen LogP contribution in [0.25, 0.3) is 5.82 Å². The van der Waals surface area contributed by atoms with Crippen LogP contribution >= 0.6 is 0 Å². The summed E-state index contributed by atoms with van der Waals surface area (Å²) in [5.74, 6) is 1.62. The fourth-order valence-corrected chi connectivity index (χ4v) is 3.84. The average Bonchev–Trinajstić information content (AvgIpc) is 3.03. The monoisotopic (exact) mass is 404 g/mol. The van der Waals surface area contributed by atoms with Crippen molar-refractivity contribution in [3.05, 3.63) is 53.3 Å². The molecule has 7 nitrogen and oxygen atoms in total. The van der Waals surface area contributed by atoms with Crippen LogP contribution in [0.2, 0.25) is 0 Å². The van der Waals surface area contributed by atoms with E-state index in [2.05, 4.69) is 32.9 Å². The minimum Gasteiger partial charge on any atom is -0.339 e. The molecule has 0 atom stereocenters. The van der Waals surface area contributed by atoms with Crippen molar-refractivity contribution in [2.75, 3.05) is 10.6 Å². The lowest BCUT2D eigenvalue weighted by Crippen LogP contribution is -2.24. The standard InChI is InChI=1S/C23H28N6O/c1-15-16(2)28-29(17(15)3)22-14-13-21(26-27-22)24-19-9-11-20(12-10-19)25-23(30)18-7-5-4-6-8-18/h9-14,18H,4-8H2,1-3H3,(H,24,26)(H,25,30). The van der Waals surface area contributed by atoms with E-state index in [1.807, 2.05) is 54.9 Å². The second-order valence-electron chi connectivity index (χ2n) is 8.01. The number of amides is 1. The Labute approximate surface area is 176 Å². The van der Waals surface area contributed by atoms with Crippen molar-refractivity contribution in [3.8, 4) is 5.82 Å². The highest BCUT2D eigenvalue weighted by Crippen LogP contribution is 2.25. The van der Waals surface area contributed by atoms with E-state index in [0.717, 1.165) is 54.0 Å². The highest BCUT2D eigenvalue weighted by atomic mass is 16.1. The molecule has 156 valence electrons. The zero-order chi connectivity index (χ0) is 21.1. The van der Waals surface area contributed by atoms with Crippen LogP contribution in [0.15, 0.2) is 36.4 Å². The summed E-state index contributed by atoms with van der Waals surface area (Å²) in [5, 5.41) is 19.4. The second-order valence-corrected chi connectivity index (χ2v) is 8.01. The predicted molar refractivity (Wildman–Crippen MR) is 118 cm³/mol. The van der Waals surface area contributed by atoms with Crippen LogP contribution in [0.5, 0.6) is 0 Å². The molecule has 30 heavy (non-hydrogen) atoms. The van der Waals surface area contributed by atoms with Crippen LogP contribution in [0.1, 0.15) is 49.1 Å². The molecule has 1 saturated carbocycles. The van der Waals surface area contributed by atoms with Gasteiger partial charge in [0.2, 0.25) is 5.91 Å². The molecule has 0 radical (unpaired) electrons. The number of carbonyl (C=O) groups is 1. The highest BCUT2D eigenvalue weighted by Gasteiger charge is 2.21. The summed E-state index contributed by atoms with van der Waals surface area (Å²) < 4.78 is 1.81. The van der Waals surface area contributed by atoms with E-state index >= 15 is 0 Å². The van der Waals surface area contributed by atoms with Gasteiger partial charge in [-0.05, 0) is 75.6 Å². The maximum Gasteiger partial charge on any atom is 0.227 e. The lowest BCUT2D eigenvalue weighted by Gasteiger charge is -2.20. The molecular weight excluding hydrogens is 376 g/mol. The van der Waals surface area contributed by atoms with Gasteiger partial charge in [-0.2, -0.15) is 5.10 Å². The Morgan fingerprint density at radius 3 is 2.23 bits per heavy atom. The Hall–Kier alpha value is -3.22. The van der Waals surface area contributed by atoms with Gasteiger partial charge in [0.25, 0.3) is 0 Å². The molecule has 4 rings (SSSR count). The number of hydrogen-bond donors (Lipinski definition) is 2. The molecule has 1 fully saturated rings. The Morgan fingerprint density at radius 2 is 1.63 bits per heavy atom.